The van der Waals surface area contributed by atoms with Crippen molar-refractivity contribution in [2.75, 3.05) is 41.5 Å². The van der Waals surface area contributed by atoms with E-state index in [9.17, 15) is 0 Å². The number of aliphatic imine (C=N–C) groups is 1. The van der Waals surface area contributed by atoms with Crippen molar-refractivity contribution in [1.29, 1.82) is 0 Å². The molecule has 2 N–H and O–H groups in total. The maximum absolute atomic E-state index is 5.75. The zero-order chi connectivity index (χ0) is 21.8. The molecular formula is C23H33N3O4. The van der Waals surface area contributed by atoms with Gasteiger partial charge < -0.3 is 29.6 Å². The second-order valence-corrected chi connectivity index (χ2v) is 6.75. The molecular weight excluding hydrogens is 382 g/mol. The first-order chi connectivity index (χ1) is 14.6. The van der Waals surface area contributed by atoms with Crippen molar-refractivity contribution in [3.05, 3.63) is 47.5 Å². The maximum atomic E-state index is 5.75. The standard InChI is InChI=1S/C23H33N3O4/c1-17-8-10-19(11-9-17)30-13-7-6-12-25-23(24-2)26-16-18-14-20(27-3)22(29-5)21(15-18)28-4/h8-11,14-15H,6-7,12-13,16H2,1-5H3,(H2,24,25,26). The Bertz CT molecular complexity index is 782. The van der Waals surface area contributed by atoms with Gasteiger partial charge >= 0.3 is 0 Å². The molecule has 0 bridgehead atoms. The summed E-state index contributed by atoms with van der Waals surface area (Å²) in [5, 5.41) is 6.63. The van der Waals surface area contributed by atoms with Gasteiger partial charge in [-0.3, -0.25) is 4.99 Å². The first kappa shape index (κ1) is 23.2. The fourth-order valence-electron chi connectivity index (χ4n) is 2.90. The monoisotopic (exact) mass is 415 g/mol. The van der Waals surface area contributed by atoms with Gasteiger partial charge in [0, 0.05) is 20.1 Å². The Morgan fingerprint density at radius 2 is 1.57 bits per heavy atom. The van der Waals surface area contributed by atoms with Crippen molar-refractivity contribution >= 4 is 5.96 Å². The summed E-state index contributed by atoms with van der Waals surface area (Å²) in [6.45, 7) is 4.15. The van der Waals surface area contributed by atoms with E-state index in [0.29, 0.717) is 30.4 Å². The zero-order valence-electron chi connectivity index (χ0n) is 18.6. The maximum Gasteiger partial charge on any atom is 0.203 e. The fourth-order valence-corrected chi connectivity index (χ4v) is 2.90. The summed E-state index contributed by atoms with van der Waals surface area (Å²) in [6.07, 6.45) is 1.95. The molecule has 30 heavy (non-hydrogen) atoms. The number of aryl methyl sites for hydroxylation is 1. The van der Waals surface area contributed by atoms with Crippen LogP contribution in [0.25, 0.3) is 0 Å². The largest absolute Gasteiger partial charge is 0.494 e. The molecule has 7 heteroatoms. The van der Waals surface area contributed by atoms with Gasteiger partial charge in [-0.15, -0.1) is 0 Å². The SMILES string of the molecule is CN=C(NCCCCOc1ccc(C)cc1)NCc1cc(OC)c(OC)c(OC)c1. The molecule has 0 amide bonds. The molecule has 0 radical (unpaired) electrons. The molecule has 0 aliphatic carbocycles. The van der Waals surface area contributed by atoms with Crippen LogP contribution in [-0.2, 0) is 6.54 Å². The zero-order valence-corrected chi connectivity index (χ0v) is 18.6. The predicted octanol–water partition coefficient (Wildman–Crippen LogP) is 3.55. The van der Waals surface area contributed by atoms with Crippen molar-refractivity contribution in [3.63, 3.8) is 0 Å². The second-order valence-electron chi connectivity index (χ2n) is 6.75. The van der Waals surface area contributed by atoms with E-state index in [2.05, 4.69) is 34.7 Å². The van der Waals surface area contributed by atoms with Gasteiger partial charge in [-0.05, 0) is 49.6 Å². The average Bonchev–Trinajstić information content (AvgIpc) is 2.78. The first-order valence-electron chi connectivity index (χ1n) is 10.0. The third kappa shape index (κ3) is 7.06. The Labute approximate surface area is 179 Å². The van der Waals surface area contributed by atoms with Crippen LogP contribution in [0.2, 0.25) is 0 Å². The van der Waals surface area contributed by atoms with Gasteiger partial charge in [-0.25, -0.2) is 0 Å². The van der Waals surface area contributed by atoms with Gasteiger partial charge in [0.25, 0.3) is 0 Å². The van der Waals surface area contributed by atoms with Gasteiger partial charge in [0.2, 0.25) is 5.75 Å². The summed E-state index contributed by atoms with van der Waals surface area (Å²) in [6, 6.07) is 12.0. The lowest BCUT2D eigenvalue weighted by Crippen LogP contribution is -2.37. The van der Waals surface area contributed by atoms with Crippen LogP contribution in [0.15, 0.2) is 41.4 Å². The highest BCUT2D eigenvalue weighted by Gasteiger charge is 2.13. The summed E-state index contributed by atoms with van der Waals surface area (Å²) >= 11 is 0. The lowest BCUT2D eigenvalue weighted by Gasteiger charge is -2.16. The third-order valence-corrected chi connectivity index (χ3v) is 4.56. The highest BCUT2D eigenvalue weighted by Crippen LogP contribution is 2.38. The molecule has 0 fully saturated rings. The summed E-state index contributed by atoms with van der Waals surface area (Å²) in [7, 11) is 6.57. The predicted molar refractivity (Wildman–Crippen MR) is 120 cm³/mol. The van der Waals surface area contributed by atoms with E-state index in [1.807, 2.05) is 24.3 Å². The van der Waals surface area contributed by atoms with Crippen LogP contribution in [0.3, 0.4) is 0 Å². The molecule has 0 atom stereocenters. The van der Waals surface area contributed by atoms with Gasteiger partial charge in [0.1, 0.15) is 5.75 Å². The first-order valence-corrected chi connectivity index (χ1v) is 10.0. The molecule has 0 unspecified atom stereocenters. The molecule has 0 aromatic heterocycles. The number of rotatable bonds is 11. The van der Waals surface area contributed by atoms with Crippen LogP contribution in [0.5, 0.6) is 23.0 Å². The smallest absolute Gasteiger partial charge is 0.203 e. The molecule has 0 spiro atoms. The molecule has 0 heterocycles. The lowest BCUT2D eigenvalue weighted by atomic mass is 10.2. The molecule has 2 rings (SSSR count). The third-order valence-electron chi connectivity index (χ3n) is 4.56. The summed E-state index contributed by atoms with van der Waals surface area (Å²) in [4.78, 5) is 4.27. The van der Waals surface area contributed by atoms with Crippen molar-refractivity contribution < 1.29 is 18.9 Å². The molecule has 2 aromatic rings. The van der Waals surface area contributed by atoms with E-state index < -0.39 is 0 Å². The lowest BCUT2D eigenvalue weighted by molar-refractivity contribution is 0.307. The molecule has 0 aliphatic rings. The molecule has 7 nitrogen and oxygen atoms in total. The number of benzene rings is 2. The second kappa shape index (κ2) is 12.5. The molecule has 164 valence electrons. The van der Waals surface area contributed by atoms with Crippen LogP contribution < -0.4 is 29.6 Å². The Morgan fingerprint density at radius 1 is 0.900 bits per heavy atom. The highest BCUT2D eigenvalue weighted by molar-refractivity contribution is 5.79. The van der Waals surface area contributed by atoms with Gasteiger partial charge in [-0.2, -0.15) is 0 Å². The van der Waals surface area contributed by atoms with E-state index in [0.717, 1.165) is 36.7 Å². The van der Waals surface area contributed by atoms with Gasteiger partial charge in [0.15, 0.2) is 17.5 Å². The summed E-state index contributed by atoms with van der Waals surface area (Å²) in [5.74, 6) is 3.49. The number of ether oxygens (including phenoxy) is 4. The Balaban J connectivity index is 1.73. The minimum absolute atomic E-state index is 0.576. The van der Waals surface area contributed by atoms with Crippen molar-refractivity contribution in [2.45, 2.75) is 26.3 Å². The molecule has 2 aromatic carbocycles. The Morgan fingerprint density at radius 3 is 2.13 bits per heavy atom. The van der Waals surface area contributed by atoms with E-state index in [-0.39, 0.29) is 0 Å². The van der Waals surface area contributed by atoms with Gasteiger partial charge in [0.05, 0.1) is 27.9 Å². The quantitative estimate of drug-likeness (QED) is 0.332. The van der Waals surface area contributed by atoms with Crippen LogP contribution in [0, 0.1) is 6.92 Å². The number of hydrogen-bond acceptors (Lipinski definition) is 5. The van der Waals surface area contributed by atoms with Gasteiger partial charge in [-0.1, -0.05) is 17.7 Å². The average molecular weight is 416 g/mol. The Hall–Kier alpha value is -3.09. The number of nitrogens with zero attached hydrogens (tertiary/aromatic N) is 1. The Kier molecular flexibility index (Phi) is 9.64. The van der Waals surface area contributed by atoms with Crippen molar-refractivity contribution in [2.24, 2.45) is 4.99 Å². The summed E-state index contributed by atoms with van der Waals surface area (Å²) < 4.78 is 21.9. The number of unbranched alkanes of at least 4 members (excludes halogenated alkanes) is 1. The molecule has 0 saturated heterocycles. The van der Waals surface area contributed by atoms with E-state index in [4.69, 9.17) is 18.9 Å². The number of methoxy groups -OCH3 is 3. The van der Waals surface area contributed by atoms with Crippen molar-refractivity contribution in [3.8, 4) is 23.0 Å². The number of nitrogens with one attached hydrogen (secondary N) is 2. The van der Waals surface area contributed by atoms with E-state index in [1.165, 1.54) is 5.56 Å². The van der Waals surface area contributed by atoms with E-state index >= 15 is 0 Å². The minimum atomic E-state index is 0.576. The van der Waals surface area contributed by atoms with Crippen molar-refractivity contribution in [1.82, 2.24) is 10.6 Å². The van der Waals surface area contributed by atoms with Crippen LogP contribution in [-0.4, -0.2) is 47.5 Å². The normalized spacial score (nSPS) is 11.0. The highest BCUT2D eigenvalue weighted by atomic mass is 16.5. The number of guanidine groups is 1. The molecule has 0 saturated carbocycles. The number of hydrogen-bond donors (Lipinski definition) is 2. The van der Waals surface area contributed by atoms with Crippen LogP contribution in [0.1, 0.15) is 24.0 Å². The molecule has 0 aliphatic heterocycles. The topological polar surface area (TPSA) is 73.3 Å². The fraction of sp³-hybridized carbons (Fsp3) is 0.435. The minimum Gasteiger partial charge on any atom is -0.494 e. The van der Waals surface area contributed by atoms with Crippen LogP contribution in [0.4, 0.5) is 0 Å². The summed E-state index contributed by atoms with van der Waals surface area (Å²) in [5.41, 5.74) is 2.23. The van der Waals surface area contributed by atoms with E-state index in [1.54, 1.807) is 28.4 Å². The van der Waals surface area contributed by atoms with Crippen LogP contribution >= 0.6 is 0 Å².